The van der Waals surface area contributed by atoms with Crippen LogP contribution in [0.3, 0.4) is 0 Å². The van der Waals surface area contributed by atoms with E-state index in [1.165, 1.54) is 24.0 Å². The van der Waals surface area contributed by atoms with Gasteiger partial charge in [-0.2, -0.15) is 18.3 Å². The van der Waals surface area contributed by atoms with Gasteiger partial charge in [0, 0.05) is 11.8 Å². The molecule has 0 aromatic carbocycles. The van der Waals surface area contributed by atoms with Crippen LogP contribution >= 0.6 is 0 Å². The summed E-state index contributed by atoms with van der Waals surface area (Å²) >= 11 is 0. The van der Waals surface area contributed by atoms with E-state index in [1.807, 2.05) is 0 Å². The topological polar surface area (TPSA) is 81.4 Å². The van der Waals surface area contributed by atoms with Crippen LogP contribution in [0.5, 0.6) is 5.75 Å². The van der Waals surface area contributed by atoms with E-state index in [1.54, 1.807) is 29.7 Å². The zero-order chi connectivity index (χ0) is 17.3. The molecular weight excluding hydrogens is 327 g/mol. The number of carbonyl (C=O) groups is 1. The summed E-state index contributed by atoms with van der Waals surface area (Å²) in [5, 5.41) is 5.92. The molecule has 3 aromatic heterocycles. The first kappa shape index (κ1) is 15.7. The Kier molecular flexibility index (Phi) is 3.80. The molecule has 24 heavy (non-hydrogen) atoms. The lowest BCUT2D eigenvalue weighted by Crippen LogP contribution is -2.30. The van der Waals surface area contributed by atoms with Gasteiger partial charge in [-0.15, -0.1) is 0 Å². The Bertz CT molecular complexity index is 907. The Morgan fingerprint density at radius 3 is 2.79 bits per heavy atom. The van der Waals surface area contributed by atoms with E-state index in [0.29, 0.717) is 17.0 Å². The predicted molar refractivity (Wildman–Crippen MR) is 77.5 cm³/mol. The molecule has 3 rings (SSSR count). The zero-order valence-corrected chi connectivity index (χ0v) is 12.2. The first-order valence-electron chi connectivity index (χ1n) is 6.61. The van der Waals surface area contributed by atoms with Gasteiger partial charge in [0.15, 0.2) is 11.5 Å². The van der Waals surface area contributed by atoms with Crippen LogP contribution in [0.1, 0.15) is 0 Å². The first-order valence-corrected chi connectivity index (χ1v) is 6.61. The summed E-state index contributed by atoms with van der Waals surface area (Å²) in [4.78, 5) is 18.8. The summed E-state index contributed by atoms with van der Waals surface area (Å²) in [5.74, 6) is -1.80. The van der Waals surface area contributed by atoms with Crippen LogP contribution in [0.15, 0.2) is 36.8 Å². The number of carbonyl (C=O) groups excluding carboxylic acids is 1. The van der Waals surface area contributed by atoms with Gasteiger partial charge in [-0.05, 0) is 18.2 Å². The van der Waals surface area contributed by atoms with Crippen LogP contribution in [0.4, 0.5) is 19.0 Å². The van der Waals surface area contributed by atoms with Crippen LogP contribution in [0, 0.1) is 0 Å². The van der Waals surface area contributed by atoms with E-state index in [-0.39, 0.29) is 11.5 Å². The molecule has 0 spiro atoms. The fourth-order valence-electron chi connectivity index (χ4n) is 1.95. The summed E-state index contributed by atoms with van der Waals surface area (Å²) in [5.41, 5.74) is 1.46. The van der Waals surface area contributed by atoms with Crippen LogP contribution in [-0.2, 0) is 4.79 Å². The number of rotatable bonds is 3. The van der Waals surface area contributed by atoms with Crippen molar-refractivity contribution in [3.63, 3.8) is 0 Å². The van der Waals surface area contributed by atoms with E-state index in [0.717, 1.165) is 0 Å². The van der Waals surface area contributed by atoms with Crippen molar-refractivity contribution < 1.29 is 22.7 Å². The molecule has 0 fully saturated rings. The van der Waals surface area contributed by atoms with Crippen molar-refractivity contribution in [3.8, 4) is 17.0 Å². The van der Waals surface area contributed by atoms with E-state index < -0.39 is 12.1 Å². The molecule has 124 valence electrons. The second-order valence-corrected chi connectivity index (χ2v) is 4.71. The van der Waals surface area contributed by atoms with Gasteiger partial charge in [-0.1, -0.05) is 0 Å². The highest BCUT2D eigenvalue weighted by Gasteiger charge is 2.39. The molecule has 3 aromatic rings. The lowest BCUT2D eigenvalue weighted by Gasteiger charge is -2.04. The molecule has 0 radical (unpaired) electrons. The van der Waals surface area contributed by atoms with Gasteiger partial charge >= 0.3 is 12.1 Å². The van der Waals surface area contributed by atoms with E-state index in [9.17, 15) is 18.0 Å². The minimum Gasteiger partial charge on any atom is -0.495 e. The number of alkyl halides is 3. The van der Waals surface area contributed by atoms with Gasteiger partial charge in [0.1, 0.15) is 5.75 Å². The molecule has 0 unspecified atom stereocenters. The molecule has 0 aliphatic carbocycles. The highest BCUT2D eigenvalue weighted by Crippen LogP contribution is 2.22. The van der Waals surface area contributed by atoms with E-state index >= 15 is 0 Å². The predicted octanol–water partition coefficient (Wildman–Crippen LogP) is 2.30. The smallest absolute Gasteiger partial charge is 0.471 e. The fourth-order valence-corrected chi connectivity index (χ4v) is 1.95. The number of halogens is 3. The maximum Gasteiger partial charge on any atom is 0.471 e. The average Bonchev–Trinajstić information content (AvgIpc) is 2.95. The number of anilines is 1. The summed E-state index contributed by atoms with van der Waals surface area (Å²) in [6.45, 7) is 0. The summed E-state index contributed by atoms with van der Waals surface area (Å²) in [6, 6.07) is 4.91. The molecule has 0 saturated carbocycles. The lowest BCUT2D eigenvalue weighted by atomic mass is 10.2. The third kappa shape index (κ3) is 3.12. The van der Waals surface area contributed by atoms with Crippen molar-refractivity contribution in [2.24, 2.45) is 0 Å². The molecule has 1 N–H and O–H groups in total. The number of imidazole rings is 1. The zero-order valence-electron chi connectivity index (χ0n) is 12.2. The SMILES string of the molecule is COc1cncc(-c2ccc3nc(NC(=O)C(F)(F)F)cn3n2)c1. The van der Waals surface area contributed by atoms with Crippen LogP contribution in [-0.4, -0.2) is 38.8 Å². The minimum absolute atomic E-state index is 0.245. The van der Waals surface area contributed by atoms with Crippen molar-refractivity contribution in [3.05, 3.63) is 36.8 Å². The van der Waals surface area contributed by atoms with Gasteiger partial charge < -0.3 is 10.1 Å². The Hall–Kier alpha value is -3.17. The molecule has 1 amide bonds. The van der Waals surface area contributed by atoms with Crippen molar-refractivity contribution >= 4 is 17.4 Å². The molecule has 10 heteroatoms. The van der Waals surface area contributed by atoms with E-state index in [4.69, 9.17) is 4.74 Å². The molecule has 7 nitrogen and oxygen atoms in total. The summed E-state index contributed by atoms with van der Waals surface area (Å²) < 4.78 is 43.1. The number of aromatic nitrogens is 4. The quantitative estimate of drug-likeness (QED) is 0.793. The van der Waals surface area contributed by atoms with Crippen LogP contribution in [0.25, 0.3) is 16.9 Å². The molecular formula is C14H10F3N5O2. The number of nitrogens with one attached hydrogen (secondary N) is 1. The van der Waals surface area contributed by atoms with E-state index in [2.05, 4.69) is 15.1 Å². The lowest BCUT2D eigenvalue weighted by molar-refractivity contribution is -0.167. The normalized spacial score (nSPS) is 11.5. The third-order valence-corrected chi connectivity index (χ3v) is 3.06. The molecule has 0 aliphatic rings. The van der Waals surface area contributed by atoms with Gasteiger partial charge in [-0.3, -0.25) is 9.78 Å². The highest BCUT2D eigenvalue weighted by atomic mass is 19.4. The van der Waals surface area contributed by atoms with Crippen molar-refractivity contribution in [1.82, 2.24) is 19.6 Å². The maximum atomic E-state index is 12.3. The van der Waals surface area contributed by atoms with Crippen molar-refractivity contribution in [1.29, 1.82) is 0 Å². The highest BCUT2D eigenvalue weighted by molar-refractivity contribution is 5.94. The Morgan fingerprint density at radius 2 is 2.08 bits per heavy atom. The Labute approximate surface area is 133 Å². The molecule has 3 heterocycles. The second-order valence-electron chi connectivity index (χ2n) is 4.71. The summed E-state index contributed by atoms with van der Waals surface area (Å²) in [6.07, 6.45) is -0.694. The molecule has 0 bridgehead atoms. The van der Waals surface area contributed by atoms with Gasteiger partial charge in [0.05, 0.1) is 25.2 Å². The first-order chi connectivity index (χ1) is 11.4. The number of fused-ring (bicyclic) bond motifs is 1. The van der Waals surface area contributed by atoms with Gasteiger partial charge in [-0.25, -0.2) is 9.50 Å². The second kappa shape index (κ2) is 5.80. The number of hydrogen-bond acceptors (Lipinski definition) is 5. The van der Waals surface area contributed by atoms with Crippen LogP contribution in [0.2, 0.25) is 0 Å². The third-order valence-electron chi connectivity index (χ3n) is 3.06. The monoisotopic (exact) mass is 337 g/mol. The van der Waals surface area contributed by atoms with Crippen LogP contribution < -0.4 is 10.1 Å². The number of methoxy groups -OCH3 is 1. The number of hydrogen-bond donors (Lipinski definition) is 1. The maximum absolute atomic E-state index is 12.3. The fraction of sp³-hybridized carbons (Fsp3) is 0.143. The van der Waals surface area contributed by atoms with Crippen molar-refractivity contribution in [2.75, 3.05) is 12.4 Å². The average molecular weight is 337 g/mol. The largest absolute Gasteiger partial charge is 0.495 e. The number of amides is 1. The number of pyridine rings is 1. The van der Waals surface area contributed by atoms with Crippen molar-refractivity contribution in [2.45, 2.75) is 6.18 Å². The Balaban J connectivity index is 1.93. The molecule has 0 atom stereocenters. The van der Waals surface area contributed by atoms with Gasteiger partial charge in [0.2, 0.25) is 0 Å². The summed E-state index contributed by atoms with van der Waals surface area (Å²) in [7, 11) is 1.50. The number of ether oxygens (including phenoxy) is 1. The molecule has 0 aliphatic heterocycles. The minimum atomic E-state index is -4.99. The molecule has 0 saturated heterocycles. The Morgan fingerprint density at radius 1 is 1.29 bits per heavy atom. The number of nitrogens with zero attached hydrogens (tertiary/aromatic N) is 4. The standard InChI is InChI=1S/C14H10F3N5O2/c1-24-9-4-8(5-18-6-9)10-2-3-12-19-11(7-22(12)21-10)20-13(23)14(15,16)17/h2-7H,1H3,(H,20,23). The van der Waals surface area contributed by atoms with Gasteiger partial charge in [0.25, 0.3) is 0 Å².